The summed E-state index contributed by atoms with van der Waals surface area (Å²) in [5, 5.41) is 3.45. The van der Waals surface area contributed by atoms with Gasteiger partial charge >= 0.3 is 6.18 Å². The van der Waals surface area contributed by atoms with Crippen molar-refractivity contribution in [1.82, 2.24) is 5.32 Å². The summed E-state index contributed by atoms with van der Waals surface area (Å²) in [6.07, 6.45) is 1.30. The summed E-state index contributed by atoms with van der Waals surface area (Å²) in [5.74, 6) is 0.601. The molecule has 112 valence electrons. The number of hydrogen-bond acceptors (Lipinski definition) is 1. The Morgan fingerprint density at radius 3 is 2.55 bits per heavy atom. The molecule has 2 rings (SSSR count). The summed E-state index contributed by atoms with van der Waals surface area (Å²) in [7, 11) is 0. The van der Waals surface area contributed by atoms with Gasteiger partial charge in [-0.25, -0.2) is 0 Å². The van der Waals surface area contributed by atoms with Gasteiger partial charge in [0.2, 0.25) is 0 Å². The second kappa shape index (κ2) is 6.61. The fourth-order valence-electron chi connectivity index (χ4n) is 3.16. The quantitative estimate of drug-likeness (QED) is 0.844. The number of rotatable bonds is 5. The van der Waals surface area contributed by atoms with E-state index in [1.807, 2.05) is 6.92 Å². The van der Waals surface area contributed by atoms with Crippen LogP contribution >= 0.6 is 0 Å². The van der Waals surface area contributed by atoms with Gasteiger partial charge in [0.05, 0.1) is 5.56 Å². The van der Waals surface area contributed by atoms with Crippen molar-refractivity contribution in [3.05, 3.63) is 35.4 Å². The lowest BCUT2D eigenvalue weighted by atomic mass is 9.91. The van der Waals surface area contributed by atoms with E-state index >= 15 is 0 Å². The van der Waals surface area contributed by atoms with Crippen molar-refractivity contribution >= 4 is 0 Å². The molecule has 1 unspecified atom stereocenters. The highest BCUT2D eigenvalue weighted by molar-refractivity contribution is 5.26. The Morgan fingerprint density at radius 1 is 1.25 bits per heavy atom. The van der Waals surface area contributed by atoms with Gasteiger partial charge in [-0.3, -0.25) is 0 Å². The fourth-order valence-corrected chi connectivity index (χ4v) is 3.16. The van der Waals surface area contributed by atoms with Crippen LogP contribution in [0.2, 0.25) is 0 Å². The first-order valence-electron chi connectivity index (χ1n) is 7.40. The van der Waals surface area contributed by atoms with Crippen LogP contribution in [0.4, 0.5) is 13.2 Å². The minimum Gasteiger partial charge on any atom is -0.314 e. The first kappa shape index (κ1) is 15.4. The van der Waals surface area contributed by atoms with Crippen LogP contribution in [0.15, 0.2) is 24.3 Å². The molecule has 1 aliphatic rings. The Bertz CT molecular complexity index is 422. The molecule has 1 fully saturated rings. The van der Waals surface area contributed by atoms with Crippen LogP contribution in [0.1, 0.15) is 43.7 Å². The summed E-state index contributed by atoms with van der Waals surface area (Å²) in [6.45, 7) is 2.91. The molecule has 1 aromatic carbocycles. The van der Waals surface area contributed by atoms with E-state index in [4.69, 9.17) is 0 Å². The molecule has 0 spiro atoms. The molecule has 1 aromatic rings. The van der Waals surface area contributed by atoms with Crippen LogP contribution < -0.4 is 5.32 Å². The van der Waals surface area contributed by atoms with Gasteiger partial charge in [-0.15, -0.1) is 0 Å². The lowest BCUT2D eigenvalue weighted by Gasteiger charge is -2.24. The van der Waals surface area contributed by atoms with Gasteiger partial charge in [0, 0.05) is 6.04 Å². The number of alkyl halides is 3. The van der Waals surface area contributed by atoms with Gasteiger partial charge in [0.1, 0.15) is 0 Å². The van der Waals surface area contributed by atoms with E-state index in [0.29, 0.717) is 18.4 Å². The van der Waals surface area contributed by atoms with Crippen molar-refractivity contribution in [3.63, 3.8) is 0 Å². The predicted molar refractivity (Wildman–Crippen MR) is 74.6 cm³/mol. The lowest BCUT2D eigenvalue weighted by Crippen LogP contribution is -2.37. The standard InChI is InChI=1S/C16H22F3N/c1-2-20-15(13-7-3-4-8-13)11-12-6-5-9-14(10-12)16(17,18)19/h5-6,9-10,13,15,20H,2-4,7-8,11H2,1H3. The zero-order chi connectivity index (χ0) is 14.6. The molecule has 20 heavy (non-hydrogen) atoms. The maximum absolute atomic E-state index is 12.7. The van der Waals surface area contributed by atoms with Crippen LogP contribution in [0, 0.1) is 5.92 Å². The molecule has 0 saturated heterocycles. The van der Waals surface area contributed by atoms with Crippen LogP contribution in [0.25, 0.3) is 0 Å². The van der Waals surface area contributed by atoms with Crippen LogP contribution in [0.3, 0.4) is 0 Å². The SMILES string of the molecule is CCNC(Cc1cccc(C(F)(F)F)c1)C1CCCC1. The Morgan fingerprint density at radius 2 is 1.95 bits per heavy atom. The van der Waals surface area contributed by atoms with E-state index in [2.05, 4.69) is 5.32 Å². The largest absolute Gasteiger partial charge is 0.416 e. The van der Waals surface area contributed by atoms with Crippen LogP contribution in [0.5, 0.6) is 0 Å². The van der Waals surface area contributed by atoms with E-state index in [1.165, 1.54) is 37.8 Å². The van der Waals surface area contributed by atoms with Gasteiger partial charge in [0.25, 0.3) is 0 Å². The van der Waals surface area contributed by atoms with Crippen molar-refractivity contribution in [2.75, 3.05) is 6.54 Å². The molecule has 1 atom stereocenters. The Hall–Kier alpha value is -1.03. The molecule has 0 aliphatic heterocycles. The summed E-state index contributed by atoms with van der Waals surface area (Å²) in [6, 6.07) is 6.04. The molecule has 0 bridgehead atoms. The highest BCUT2D eigenvalue weighted by Crippen LogP contribution is 2.32. The highest BCUT2D eigenvalue weighted by Gasteiger charge is 2.31. The smallest absolute Gasteiger partial charge is 0.314 e. The van der Waals surface area contributed by atoms with E-state index in [0.717, 1.165) is 18.2 Å². The molecule has 0 amide bonds. The minimum atomic E-state index is -4.25. The molecule has 0 heterocycles. The van der Waals surface area contributed by atoms with E-state index in [9.17, 15) is 13.2 Å². The molecule has 1 saturated carbocycles. The summed E-state index contributed by atoms with van der Waals surface area (Å²) < 4.78 is 38.2. The molecule has 4 heteroatoms. The molecule has 1 N–H and O–H groups in total. The third-order valence-electron chi connectivity index (χ3n) is 4.15. The first-order chi connectivity index (χ1) is 9.50. The molecular formula is C16H22F3N. The van der Waals surface area contributed by atoms with Crippen LogP contribution in [-0.4, -0.2) is 12.6 Å². The van der Waals surface area contributed by atoms with Gasteiger partial charge < -0.3 is 5.32 Å². The lowest BCUT2D eigenvalue weighted by molar-refractivity contribution is -0.137. The van der Waals surface area contributed by atoms with Gasteiger partial charge in [-0.1, -0.05) is 38.0 Å². The second-order valence-electron chi connectivity index (χ2n) is 5.61. The van der Waals surface area contributed by atoms with Gasteiger partial charge in [0.15, 0.2) is 0 Å². The molecular weight excluding hydrogens is 263 g/mol. The molecule has 1 nitrogen and oxygen atoms in total. The Balaban J connectivity index is 2.09. The number of halogens is 3. The Kier molecular flexibility index (Phi) is 5.08. The third-order valence-corrected chi connectivity index (χ3v) is 4.15. The molecule has 0 radical (unpaired) electrons. The normalized spacial score (nSPS) is 18.4. The van der Waals surface area contributed by atoms with Gasteiger partial charge in [-0.2, -0.15) is 13.2 Å². The van der Waals surface area contributed by atoms with Gasteiger partial charge in [-0.05, 0) is 43.4 Å². The number of benzene rings is 1. The second-order valence-corrected chi connectivity index (χ2v) is 5.61. The minimum absolute atomic E-state index is 0.297. The average molecular weight is 285 g/mol. The molecule has 1 aliphatic carbocycles. The topological polar surface area (TPSA) is 12.0 Å². The van der Waals surface area contributed by atoms with Crippen LogP contribution in [-0.2, 0) is 12.6 Å². The van der Waals surface area contributed by atoms with Crippen molar-refractivity contribution in [2.45, 2.75) is 51.2 Å². The number of nitrogens with one attached hydrogen (secondary N) is 1. The van der Waals surface area contributed by atoms with E-state index in [1.54, 1.807) is 6.07 Å². The number of hydrogen-bond donors (Lipinski definition) is 1. The predicted octanol–water partition coefficient (Wildman–Crippen LogP) is 4.42. The monoisotopic (exact) mass is 285 g/mol. The zero-order valence-corrected chi connectivity index (χ0v) is 11.8. The van der Waals surface area contributed by atoms with E-state index < -0.39 is 11.7 Å². The number of likely N-dealkylation sites (N-methyl/N-ethyl adjacent to an activating group) is 1. The maximum atomic E-state index is 12.7. The zero-order valence-electron chi connectivity index (χ0n) is 11.8. The maximum Gasteiger partial charge on any atom is 0.416 e. The van der Waals surface area contributed by atoms with Crippen molar-refractivity contribution < 1.29 is 13.2 Å². The Labute approximate surface area is 118 Å². The first-order valence-corrected chi connectivity index (χ1v) is 7.40. The third kappa shape index (κ3) is 3.98. The van der Waals surface area contributed by atoms with Crippen molar-refractivity contribution in [3.8, 4) is 0 Å². The highest BCUT2D eigenvalue weighted by atomic mass is 19.4. The van der Waals surface area contributed by atoms with Crippen molar-refractivity contribution in [1.29, 1.82) is 0 Å². The fraction of sp³-hybridized carbons (Fsp3) is 0.625. The van der Waals surface area contributed by atoms with E-state index in [-0.39, 0.29) is 0 Å². The summed E-state index contributed by atoms with van der Waals surface area (Å²) >= 11 is 0. The summed E-state index contributed by atoms with van der Waals surface area (Å²) in [4.78, 5) is 0. The summed E-state index contributed by atoms with van der Waals surface area (Å²) in [5.41, 5.74) is 0.231. The van der Waals surface area contributed by atoms with Crippen molar-refractivity contribution in [2.24, 2.45) is 5.92 Å². The molecule has 0 aromatic heterocycles. The average Bonchev–Trinajstić information content (AvgIpc) is 2.91.